The van der Waals surface area contributed by atoms with Crippen LogP contribution in [0, 0.1) is 41.4 Å². The predicted octanol–water partition coefficient (Wildman–Crippen LogP) is -2.07. The smallest absolute Gasteiger partial charge is 0.323 e. The average molecular weight is 500 g/mol. The molecule has 0 radical (unpaired) electrons. The van der Waals surface area contributed by atoms with Gasteiger partial charge in [0, 0.05) is 24.1 Å². The maximum absolute atomic E-state index is 11.2. The first-order chi connectivity index (χ1) is 15.5. The zero-order valence-electron chi connectivity index (χ0n) is 19.9. The third-order valence-corrected chi connectivity index (χ3v) is 4.29. The fraction of sp³-hybridized carbons (Fsp3) is 0.636. The predicted molar refractivity (Wildman–Crippen MR) is 116 cm³/mol. The molecule has 34 heavy (non-hydrogen) atoms. The summed E-state index contributed by atoms with van der Waals surface area (Å²) >= 11 is 0. The van der Waals surface area contributed by atoms with E-state index in [0.29, 0.717) is 24.1 Å². The van der Waals surface area contributed by atoms with Gasteiger partial charge >= 0.3 is 11.9 Å². The van der Waals surface area contributed by atoms with E-state index < -0.39 is 30.0 Å². The van der Waals surface area contributed by atoms with E-state index in [1.807, 2.05) is 6.07 Å². The third kappa shape index (κ3) is 12.9. The van der Waals surface area contributed by atoms with E-state index >= 15 is 0 Å². The van der Waals surface area contributed by atoms with Crippen molar-refractivity contribution in [2.45, 2.75) is 72.2 Å². The molecule has 2 heterocycles. The fourth-order valence-electron chi connectivity index (χ4n) is 2.70. The first kappa shape index (κ1) is 33.2. The first-order valence-corrected chi connectivity index (χ1v) is 10.5. The molecule has 12 heteroatoms. The zero-order chi connectivity index (χ0) is 25.6. The molecule has 0 aliphatic carbocycles. The summed E-state index contributed by atoms with van der Waals surface area (Å²) in [7, 11) is 0. The minimum absolute atomic E-state index is 0. The van der Waals surface area contributed by atoms with Gasteiger partial charge in [0.25, 0.3) is 5.56 Å². The van der Waals surface area contributed by atoms with Gasteiger partial charge in [0.1, 0.15) is 17.9 Å². The lowest BCUT2D eigenvalue weighted by Gasteiger charge is -2.09. The molecule has 1 fully saturated rings. The Bertz CT molecular complexity index is 906. The number of cyclic esters (lactones) is 1. The summed E-state index contributed by atoms with van der Waals surface area (Å²) in [4.78, 5) is 39.1. The van der Waals surface area contributed by atoms with Crippen LogP contribution >= 0.6 is 0 Å². The number of aliphatic hydroxyl groups excluding tert-OH is 2. The molecule has 2 rings (SSSR count). The van der Waals surface area contributed by atoms with Crippen molar-refractivity contribution in [3.63, 3.8) is 0 Å². The number of hydrogen-bond acceptors (Lipinski definition) is 10. The van der Waals surface area contributed by atoms with Gasteiger partial charge in [-0.2, -0.15) is 10.5 Å². The fourth-order valence-corrected chi connectivity index (χ4v) is 2.70. The Hall–Kier alpha value is -2.99. The van der Waals surface area contributed by atoms with Gasteiger partial charge in [-0.05, 0) is 41.0 Å². The van der Waals surface area contributed by atoms with E-state index in [0.717, 1.165) is 0 Å². The maximum Gasteiger partial charge on any atom is 0.323 e. The summed E-state index contributed by atoms with van der Waals surface area (Å²) in [5.74, 6) is -2.28. The van der Waals surface area contributed by atoms with Crippen LogP contribution in [0.15, 0.2) is 11.1 Å². The molecular weight excluding hydrogens is 468 g/mol. The molecule has 0 saturated carbocycles. The Labute approximate surface area is 205 Å². The number of nitrogens with one attached hydrogen (secondary N) is 1. The number of nitrogens with zero attached hydrogens (tertiary/aromatic N) is 3. The van der Waals surface area contributed by atoms with Crippen molar-refractivity contribution in [3.05, 3.63) is 27.9 Å². The van der Waals surface area contributed by atoms with Gasteiger partial charge in [-0.15, -0.1) is 0 Å². The van der Waals surface area contributed by atoms with Crippen molar-refractivity contribution in [3.8, 4) is 12.1 Å². The number of hydrogen-bond donors (Lipinski definition) is 3. The van der Waals surface area contributed by atoms with Gasteiger partial charge < -0.3 is 37.1 Å². The standard InChI is InChI=1S/C8H12N2O2.C8H13NO3.C6H7NO2.ClH/c1-5(11)3-7-6(2)9-4-10-8(7)12;1-3-12-8(11)7(5-9)4-6(2)10;1-4-2-5(3-7)6(8)9-4;/h4-5,11H,3H2,1-2H3,(H,9,10,12);6-7,10H,3-4H2,1-2H3;4-5H,2H2,1H3;1H/p-1. The molecule has 3 N–H and O–H groups in total. The number of nitriles is 2. The lowest BCUT2D eigenvalue weighted by Crippen LogP contribution is -3.00. The second kappa shape index (κ2) is 17.5. The van der Waals surface area contributed by atoms with Gasteiger partial charge in [-0.3, -0.25) is 14.4 Å². The van der Waals surface area contributed by atoms with Crippen molar-refractivity contribution in [2.24, 2.45) is 11.8 Å². The van der Waals surface area contributed by atoms with E-state index in [1.165, 1.54) is 13.3 Å². The van der Waals surface area contributed by atoms with Crippen LogP contribution in [0.4, 0.5) is 0 Å². The Morgan fingerprint density at radius 2 is 1.94 bits per heavy atom. The Morgan fingerprint density at radius 1 is 1.32 bits per heavy atom. The summed E-state index contributed by atoms with van der Waals surface area (Å²) in [5, 5.41) is 34.8. The highest BCUT2D eigenvalue weighted by atomic mass is 35.5. The normalized spacial score (nSPS) is 18.6. The molecule has 1 aliphatic heterocycles. The average Bonchev–Trinajstić information content (AvgIpc) is 3.07. The van der Waals surface area contributed by atoms with Gasteiger partial charge in [0.05, 0.1) is 37.3 Å². The molecule has 190 valence electrons. The van der Waals surface area contributed by atoms with Crippen molar-refractivity contribution < 1.29 is 41.7 Å². The van der Waals surface area contributed by atoms with Crippen LogP contribution in [0.3, 0.4) is 0 Å². The molecule has 1 saturated heterocycles. The van der Waals surface area contributed by atoms with Crippen LogP contribution in [-0.2, 0) is 25.5 Å². The van der Waals surface area contributed by atoms with E-state index in [4.69, 9.17) is 25.5 Å². The highest BCUT2D eigenvalue weighted by molar-refractivity contribution is 5.77. The molecular formula is C22H32ClN4O7-. The van der Waals surface area contributed by atoms with Crippen molar-refractivity contribution in [1.29, 1.82) is 10.5 Å². The van der Waals surface area contributed by atoms with Crippen molar-refractivity contribution >= 4 is 11.9 Å². The van der Waals surface area contributed by atoms with Crippen LogP contribution in [0.5, 0.6) is 0 Å². The van der Waals surface area contributed by atoms with Gasteiger partial charge in [-0.25, -0.2) is 4.98 Å². The lowest BCUT2D eigenvalue weighted by molar-refractivity contribution is -0.147. The number of H-pyrrole nitrogens is 1. The Kier molecular flexibility index (Phi) is 17.1. The second-order valence-corrected chi connectivity index (χ2v) is 7.53. The molecule has 5 unspecified atom stereocenters. The number of halogens is 1. The number of rotatable bonds is 6. The SMILES string of the molecule is CC1CC(C#N)C(=O)O1.CCOC(=O)C(C#N)CC(C)O.Cc1nc[nH]c(=O)c1CC(C)O.[Cl-]. The minimum Gasteiger partial charge on any atom is -1.00 e. The van der Waals surface area contributed by atoms with E-state index in [2.05, 4.69) is 14.7 Å². The quantitative estimate of drug-likeness (QED) is 0.367. The molecule has 11 nitrogen and oxygen atoms in total. The highest BCUT2D eigenvalue weighted by Gasteiger charge is 2.31. The van der Waals surface area contributed by atoms with E-state index in [-0.39, 0.29) is 43.1 Å². The van der Waals surface area contributed by atoms with Crippen molar-refractivity contribution in [1.82, 2.24) is 9.97 Å². The van der Waals surface area contributed by atoms with E-state index in [1.54, 1.807) is 33.8 Å². The van der Waals surface area contributed by atoms with Crippen LogP contribution in [0.2, 0.25) is 0 Å². The van der Waals surface area contributed by atoms with Gasteiger partial charge in [0.2, 0.25) is 0 Å². The molecule has 0 aromatic carbocycles. The van der Waals surface area contributed by atoms with Gasteiger partial charge in [-0.1, -0.05) is 0 Å². The summed E-state index contributed by atoms with van der Waals surface area (Å²) in [6.45, 7) is 8.66. The van der Waals surface area contributed by atoms with Crippen LogP contribution in [-0.4, -0.2) is 57.0 Å². The molecule has 1 aromatic heterocycles. The number of ether oxygens (including phenoxy) is 2. The Morgan fingerprint density at radius 3 is 2.29 bits per heavy atom. The van der Waals surface area contributed by atoms with Crippen LogP contribution in [0.1, 0.15) is 51.8 Å². The highest BCUT2D eigenvalue weighted by Crippen LogP contribution is 2.19. The molecule has 5 atom stereocenters. The number of aliphatic hydroxyl groups is 2. The Balaban J connectivity index is 0. The van der Waals surface area contributed by atoms with Crippen molar-refractivity contribution in [2.75, 3.05) is 6.61 Å². The summed E-state index contributed by atoms with van der Waals surface area (Å²) in [6.07, 6.45) is 1.18. The first-order valence-electron chi connectivity index (χ1n) is 10.5. The molecule has 1 aliphatic rings. The molecule has 0 bridgehead atoms. The zero-order valence-corrected chi connectivity index (χ0v) is 20.7. The number of aryl methyl sites for hydroxylation is 1. The number of aromatic amines is 1. The molecule has 1 aromatic rings. The lowest BCUT2D eigenvalue weighted by atomic mass is 10.0. The molecule has 0 amide bonds. The number of aromatic nitrogens is 2. The van der Waals surface area contributed by atoms with Crippen LogP contribution in [0.25, 0.3) is 0 Å². The number of esters is 2. The summed E-state index contributed by atoms with van der Waals surface area (Å²) in [6, 6.07) is 3.65. The summed E-state index contributed by atoms with van der Waals surface area (Å²) < 4.78 is 9.33. The second-order valence-electron chi connectivity index (χ2n) is 7.53. The maximum atomic E-state index is 11.2. The van der Waals surface area contributed by atoms with Crippen LogP contribution < -0.4 is 18.0 Å². The summed E-state index contributed by atoms with van der Waals surface area (Å²) in [5.41, 5.74) is 1.08. The molecule has 0 spiro atoms. The van der Waals surface area contributed by atoms with Gasteiger partial charge in [0.15, 0.2) is 0 Å². The van der Waals surface area contributed by atoms with E-state index in [9.17, 15) is 14.4 Å². The topological polar surface area (TPSA) is 186 Å². The monoisotopic (exact) mass is 499 g/mol. The number of carbonyl (C=O) groups is 2. The largest absolute Gasteiger partial charge is 1.00 e. The third-order valence-electron chi connectivity index (χ3n) is 4.29. The number of carbonyl (C=O) groups excluding carboxylic acids is 2. The minimum atomic E-state index is -0.843.